The van der Waals surface area contributed by atoms with E-state index in [4.69, 9.17) is 14.4 Å². The van der Waals surface area contributed by atoms with Crippen molar-refractivity contribution in [3.8, 4) is 33.8 Å². The highest BCUT2D eigenvalue weighted by atomic mass is 16.3. The Hall–Kier alpha value is -4.76. The molecule has 0 radical (unpaired) electrons. The fourth-order valence-corrected chi connectivity index (χ4v) is 4.76. The van der Waals surface area contributed by atoms with Crippen molar-refractivity contribution in [1.29, 1.82) is 0 Å². The van der Waals surface area contributed by atoms with Gasteiger partial charge in [-0.1, -0.05) is 103 Å². The van der Waals surface area contributed by atoms with Crippen LogP contribution in [-0.2, 0) is 0 Å². The summed E-state index contributed by atoms with van der Waals surface area (Å²) in [6.45, 7) is 0. The summed E-state index contributed by atoms with van der Waals surface area (Å²) in [5, 5.41) is 4.43. The van der Waals surface area contributed by atoms with Crippen molar-refractivity contribution in [1.82, 2.24) is 9.97 Å². The van der Waals surface area contributed by atoms with Crippen LogP contribution in [0.2, 0.25) is 0 Å². The molecule has 7 aromatic rings. The normalized spacial score (nSPS) is 11.4. The Labute approximate surface area is 202 Å². The van der Waals surface area contributed by atoms with E-state index < -0.39 is 0 Å². The number of rotatable bonds is 3. The minimum atomic E-state index is 0.603. The molecule has 2 heterocycles. The molecular formula is C32H20N2O. The van der Waals surface area contributed by atoms with Crippen LogP contribution in [0.3, 0.4) is 0 Å². The van der Waals surface area contributed by atoms with Crippen LogP contribution in [0.5, 0.6) is 0 Å². The average molecular weight is 449 g/mol. The number of furan rings is 1. The molecule has 0 aliphatic rings. The molecule has 0 saturated heterocycles. The van der Waals surface area contributed by atoms with Crippen LogP contribution in [0.25, 0.3) is 66.6 Å². The predicted octanol–water partition coefficient (Wildman–Crippen LogP) is 8.53. The van der Waals surface area contributed by atoms with Gasteiger partial charge in [-0.3, -0.25) is 0 Å². The van der Waals surface area contributed by atoms with E-state index in [1.807, 2.05) is 36.4 Å². The Balaban J connectivity index is 1.43. The molecule has 0 bridgehead atoms. The summed E-state index contributed by atoms with van der Waals surface area (Å²) < 4.78 is 6.19. The van der Waals surface area contributed by atoms with Gasteiger partial charge in [0.2, 0.25) is 5.71 Å². The Morgan fingerprint density at radius 3 is 2.11 bits per heavy atom. The molecule has 0 fully saturated rings. The SMILES string of the molecule is c1ccc(-c2nc(-c3cccc(-c4ccc5ccccc5c4)c3)nc3oc4ccccc4c23)cc1. The second-order valence-corrected chi connectivity index (χ2v) is 8.68. The van der Waals surface area contributed by atoms with Gasteiger partial charge in [-0.25, -0.2) is 4.98 Å². The quantitative estimate of drug-likeness (QED) is 0.272. The largest absolute Gasteiger partial charge is 0.438 e. The average Bonchev–Trinajstić information content (AvgIpc) is 3.31. The highest BCUT2D eigenvalue weighted by Crippen LogP contribution is 2.36. The maximum absolute atomic E-state index is 6.19. The van der Waals surface area contributed by atoms with E-state index in [0.717, 1.165) is 38.7 Å². The molecule has 0 aliphatic heterocycles. The van der Waals surface area contributed by atoms with Crippen molar-refractivity contribution in [2.45, 2.75) is 0 Å². The Morgan fingerprint density at radius 1 is 0.486 bits per heavy atom. The summed E-state index contributed by atoms with van der Waals surface area (Å²) in [5.41, 5.74) is 6.59. The van der Waals surface area contributed by atoms with E-state index in [1.165, 1.54) is 16.3 Å². The zero-order chi connectivity index (χ0) is 23.2. The summed E-state index contributed by atoms with van der Waals surface area (Å²) in [6.07, 6.45) is 0. The monoisotopic (exact) mass is 448 g/mol. The summed E-state index contributed by atoms with van der Waals surface area (Å²) in [7, 11) is 0. The third-order valence-corrected chi connectivity index (χ3v) is 6.49. The third kappa shape index (κ3) is 3.37. The molecule has 5 aromatic carbocycles. The second kappa shape index (κ2) is 7.93. The molecule has 3 nitrogen and oxygen atoms in total. The number of nitrogens with zero attached hydrogens (tertiary/aromatic N) is 2. The van der Waals surface area contributed by atoms with Crippen LogP contribution in [-0.4, -0.2) is 9.97 Å². The Morgan fingerprint density at radius 2 is 1.20 bits per heavy atom. The highest BCUT2D eigenvalue weighted by molar-refractivity contribution is 6.10. The Kier molecular flexibility index (Phi) is 4.46. The van der Waals surface area contributed by atoms with Gasteiger partial charge in [0.05, 0.1) is 11.1 Å². The molecule has 0 spiro atoms. The van der Waals surface area contributed by atoms with Gasteiger partial charge < -0.3 is 4.42 Å². The number of aromatic nitrogens is 2. The number of hydrogen-bond donors (Lipinski definition) is 0. The van der Waals surface area contributed by atoms with Crippen molar-refractivity contribution in [3.05, 3.63) is 121 Å². The van der Waals surface area contributed by atoms with Crippen LogP contribution < -0.4 is 0 Å². The molecule has 3 heteroatoms. The maximum Gasteiger partial charge on any atom is 0.231 e. The van der Waals surface area contributed by atoms with Gasteiger partial charge in [0.25, 0.3) is 0 Å². The lowest BCUT2D eigenvalue weighted by Crippen LogP contribution is -1.94. The molecule has 35 heavy (non-hydrogen) atoms. The van der Waals surface area contributed by atoms with Gasteiger partial charge in [0.15, 0.2) is 5.82 Å². The first-order valence-electron chi connectivity index (χ1n) is 11.7. The van der Waals surface area contributed by atoms with Gasteiger partial charge in [-0.05, 0) is 40.1 Å². The van der Waals surface area contributed by atoms with E-state index in [9.17, 15) is 0 Å². The summed E-state index contributed by atoms with van der Waals surface area (Å²) in [6, 6.07) is 41.7. The molecule has 0 atom stereocenters. The first-order valence-corrected chi connectivity index (χ1v) is 11.7. The molecule has 0 saturated carbocycles. The maximum atomic E-state index is 6.19. The molecule has 0 amide bonds. The Bertz CT molecular complexity index is 1850. The van der Waals surface area contributed by atoms with Gasteiger partial charge >= 0.3 is 0 Å². The smallest absolute Gasteiger partial charge is 0.231 e. The van der Waals surface area contributed by atoms with Gasteiger partial charge in [0, 0.05) is 16.5 Å². The second-order valence-electron chi connectivity index (χ2n) is 8.68. The molecule has 2 aromatic heterocycles. The van der Waals surface area contributed by atoms with E-state index in [-0.39, 0.29) is 0 Å². The minimum Gasteiger partial charge on any atom is -0.438 e. The van der Waals surface area contributed by atoms with Gasteiger partial charge in [-0.15, -0.1) is 0 Å². The predicted molar refractivity (Wildman–Crippen MR) is 143 cm³/mol. The van der Waals surface area contributed by atoms with Crippen molar-refractivity contribution in [3.63, 3.8) is 0 Å². The van der Waals surface area contributed by atoms with Crippen LogP contribution in [0.15, 0.2) is 126 Å². The summed E-state index contributed by atoms with van der Waals surface area (Å²) in [4.78, 5) is 9.95. The van der Waals surface area contributed by atoms with Gasteiger partial charge in [0.1, 0.15) is 5.58 Å². The van der Waals surface area contributed by atoms with Crippen molar-refractivity contribution >= 4 is 32.8 Å². The lowest BCUT2D eigenvalue weighted by Gasteiger charge is -2.09. The van der Waals surface area contributed by atoms with Crippen molar-refractivity contribution in [2.75, 3.05) is 0 Å². The van der Waals surface area contributed by atoms with E-state index in [0.29, 0.717) is 11.5 Å². The van der Waals surface area contributed by atoms with E-state index in [1.54, 1.807) is 0 Å². The summed E-state index contributed by atoms with van der Waals surface area (Å²) >= 11 is 0. The fourth-order valence-electron chi connectivity index (χ4n) is 4.76. The number of fused-ring (bicyclic) bond motifs is 4. The number of hydrogen-bond acceptors (Lipinski definition) is 3. The minimum absolute atomic E-state index is 0.603. The third-order valence-electron chi connectivity index (χ3n) is 6.49. The molecule has 164 valence electrons. The van der Waals surface area contributed by atoms with E-state index >= 15 is 0 Å². The van der Waals surface area contributed by atoms with Crippen LogP contribution >= 0.6 is 0 Å². The topological polar surface area (TPSA) is 38.9 Å². The van der Waals surface area contributed by atoms with Crippen molar-refractivity contribution in [2.24, 2.45) is 0 Å². The number of benzene rings is 5. The van der Waals surface area contributed by atoms with Gasteiger partial charge in [-0.2, -0.15) is 4.98 Å². The van der Waals surface area contributed by atoms with Crippen molar-refractivity contribution < 1.29 is 4.42 Å². The standard InChI is InChI=1S/C32H20N2O/c1-2-10-22(11-3-1)30-29-27-15-6-7-16-28(27)35-32(29)34-31(33-30)26-14-8-13-24(20-26)25-18-17-21-9-4-5-12-23(21)19-25/h1-20H. The zero-order valence-corrected chi connectivity index (χ0v) is 18.8. The van der Waals surface area contributed by atoms with Crippen LogP contribution in [0.1, 0.15) is 0 Å². The van der Waals surface area contributed by atoms with E-state index in [2.05, 4.69) is 84.9 Å². The number of para-hydroxylation sites is 1. The first kappa shape index (κ1) is 19.7. The lowest BCUT2D eigenvalue weighted by molar-refractivity contribution is 0.653. The lowest BCUT2D eigenvalue weighted by atomic mass is 9.99. The first-order chi connectivity index (χ1) is 17.3. The van der Waals surface area contributed by atoms with Crippen LogP contribution in [0.4, 0.5) is 0 Å². The fraction of sp³-hybridized carbons (Fsp3) is 0. The summed E-state index contributed by atoms with van der Waals surface area (Å²) in [5.74, 6) is 0.651. The molecular weight excluding hydrogens is 428 g/mol. The highest BCUT2D eigenvalue weighted by Gasteiger charge is 2.18. The van der Waals surface area contributed by atoms with Crippen LogP contribution in [0, 0.1) is 0 Å². The molecule has 7 rings (SSSR count). The zero-order valence-electron chi connectivity index (χ0n) is 18.8. The molecule has 0 N–H and O–H groups in total. The molecule has 0 aliphatic carbocycles. The molecule has 0 unspecified atom stereocenters.